The summed E-state index contributed by atoms with van der Waals surface area (Å²) in [5, 5.41) is 4.87. The Morgan fingerprint density at radius 2 is 1.88 bits per heavy atom. The number of fused-ring (bicyclic) bond motifs is 1. The molecule has 1 aromatic heterocycles. The molecule has 2 heterocycles. The Labute approximate surface area is 156 Å². The summed E-state index contributed by atoms with van der Waals surface area (Å²) in [4.78, 5) is 15.6. The van der Waals surface area contributed by atoms with Crippen molar-refractivity contribution < 1.29 is 4.79 Å². The van der Waals surface area contributed by atoms with E-state index in [0.29, 0.717) is 11.7 Å². The molecule has 0 N–H and O–H groups in total. The molecule has 26 heavy (non-hydrogen) atoms. The smallest absolute Gasteiger partial charge is 0.274 e. The molecule has 1 amide bonds. The summed E-state index contributed by atoms with van der Waals surface area (Å²) < 4.78 is 2.04. The van der Waals surface area contributed by atoms with Crippen molar-refractivity contribution in [3.63, 3.8) is 0 Å². The quantitative estimate of drug-likeness (QED) is 0.761. The lowest BCUT2D eigenvalue weighted by atomic mass is 9.98. The van der Waals surface area contributed by atoms with Crippen molar-refractivity contribution in [1.82, 2.24) is 14.7 Å². The van der Waals surface area contributed by atoms with Crippen LogP contribution in [0.25, 0.3) is 5.69 Å². The van der Waals surface area contributed by atoms with Gasteiger partial charge >= 0.3 is 0 Å². The van der Waals surface area contributed by atoms with Crippen LogP contribution >= 0.6 is 0 Å². The predicted octanol–water partition coefficient (Wildman–Crippen LogP) is 4.55. The van der Waals surface area contributed by atoms with Crippen molar-refractivity contribution in [3.05, 3.63) is 47.3 Å². The lowest BCUT2D eigenvalue weighted by Crippen LogP contribution is -2.43. The van der Waals surface area contributed by atoms with Gasteiger partial charge in [0.15, 0.2) is 5.69 Å². The minimum Gasteiger partial charge on any atom is -0.334 e. The fourth-order valence-electron chi connectivity index (χ4n) is 4.56. The highest BCUT2D eigenvalue weighted by molar-refractivity contribution is 5.94. The van der Waals surface area contributed by atoms with E-state index in [1.807, 2.05) is 22.9 Å². The number of carbonyl (C=O) groups excluding carboxylic acids is 1. The van der Waals surface area contributed by atoms with E-state index < -0.39 is 0 Å². The van der Waals surface area contributed by atoms with Crippen molar-refractivity contribution >= 4 is 5.91 Å². The molecule has 1 fully saturated rings. The van der Waals surface area contributed by atoms with Gasteiger partial charge in [0.2, 0.25) is 0 Å². The number of rotatable bonds is 3. The molecule has 138 valence electrons. The molecule has 1 aliphatic heterocycles. The van der Waals surface area contributed by atoms with Gasteiger partial charge in [-0.15, -0.1) is 0 Å². The van der Waals surface area contributed by atoms with Crippen LogP contribution in [0.4, 0.5) is 0 Å². The van der Waals surface area contributed by atoms with Crippen LogP contribution in [0, 0.1) is 0 Å². The van der Waals surface area contributed by atoms with Gasteiger partial charge in [-0.25, -0.2) is 4.68 Å². The summed E-state index contributed by atoms with van der Waals surface area (Å²) in [5.41, 5.74) is 4.24. The van der Waals surface area contributed by atoms with Crippen LogP contribution in [-0.4, -0.2) is 33.2 Å². The van der Waals surface area contributed by atoms with E-state index >= 15 is 0 Å². The number of amides is 1. The Kier molecular flexibility index (Phi) is 5.09. The van der Waals surface area contributed by atoms with E-state index in [0.717, 1.165) is 50.8 Å². The fourth-order valence-corrected chi connectivity index (χ4v) is 4.56. The lowest BCUT2D eigenvalue weighted by Gasteiger charge is -2.35. The van der Waals surface area contributed by atoms with Gasteiger partial charge in [-0.3, -0.25) is 4.79 Å². The molecule has 4 nitrogen and oxygen atoms in total. The van der Waals surface area contributed by atoms with E-state index in [1.165, 1.54) is 30.5 Å². The fraction of sp³-hybridized carbons (Fsp3) is 0.545. The van der Waals surface area contributed by atoms with E-state index in [9.17, 15) is 4.79 Å². The lowest BCUT2D eigenvalue weighted by molar-refractivity contribution is 0.0600. The van der Waals surface area contributed by atoms with Gasteiger partial charge in [0, 0.05) is 23.8 Å². The zero-order valence-corrected chi connectivity index (χ0v) is 15.8. The summed E-state index contributed by atoms with van der Waals surface area (Å²) in [6.07, 6.45) is 10.1. The Morgan fingerprint density at radius 3 is 2.69 bits per heavy atom. The van der Waals surface area contributed by atoms with Crippen LogP contribution in [0.2, 0.25) is 0 Å². The molecule has 0 radical (unpaired) electrons. The predicted molar refractivity (Wildman–Crippen MR) is 104 cm³/mol. The largest absolute Gasteiger partial charge is 0.334 e. The summed E-state index contributed by atoms with van der Waals surface area (Å²) in [7, 11) is 0. The number of piperidine rings is 1. The number of likely N-dealkylation sites (tertiary alicyclic amines) is 1. The van der Waals surface area contributed by atoms with Gasteiger partial charge in [0.1, 0.15) is 0 Å². The standard InChI is InChI=1S/C22H29N3O/c1-2-17-11-9-10-16-24(17)22(26)21-19-14-7-4-8-15-20(19)25(23-21)18-12-5-3-6-13-18/h3,5-6,12-13,17H,2,4,7-11,14-16H2,1H3. The molecule has 0 bridgehead atoms. The van der Waals surface area contributed by atoms with Gasteiger partial charge in [-0.05, 0) is 63.5 Å². The normalized spacial score (nSPS) is 20.5. The van der Waals surface area contributed by atoms with Crippen LogP contribution in [0.15, 0.2) is 30.3 Å². The first-order valence-electron chi connectivity index (χ1n) is 10.3. The number of carbonyl (C=O) groups is 1. The second-order valence-corrected chi connectivity index (χ2v) is 7.64. The number of para-hydroxylation sites is 1. The Morgan fingerprint density at radius 1 is 1.08 bits per heavy atom. The number of benzene rings is 1. The van der Waals surface area contributed by atoms with Crippen molar-refractivity contribution in [2.24, 2.45) is 0 Å². The van der Waals surface area contributed by atoms with Crippen LogP contribution in [0.1, 0.15) is 73.6 Å². The summed E-state index contributed by atoms with van der Waals surface area (Å²) in [5.74, 6) is 0.157. The molecule has 0 saturated carbocycles. The number of nitrogens with zero attached hydrogens (tertiary/aromatic N) is 3. The molecular weight excluding hydrogens is 322 g/mol. The van der Waals surface area contributed by atoms with Crippen molar-refractivity contribution in [1.29, 1.82) is 0 Å². The zero-order valence-electron chi connectivity index (χ0n) is 15.8. The minimum absolute atomic E-state index is 0.157. The maximum Gasteiger partial charge on any atom is 0.274 e. The summed E-state index contributed by atoms with van der Waals surface area (Å²) in [6.45, 7) is 3.07. The van der Waals surface area contributed by atoms with E-state index in [-0.39, 0.29) is 5.91 Å². The second-order valence-electron chi connectivity index (χ2n) is 7.64. The molecule has 4 heteroatoms. The maximum atomic E-state index is 13.4. The van der Waals surface area contributed by atoms with Gasteiger partial charge in [-0.2, -0.15) is 5.10 Å². The zero-order chi connectivity index (χ0) is 17.9. The second kappa shape index (κ2) is 7.65. The van der Waals surface area contributed by atoms with Crippen LogP contribution in [0.3, 0.4) is 0 Å². The van der Waals surface area contributed by atoms with E-state index in [1.54, 1.807) is 0 Å². The minimum atomic E-state index is 0.157. The Hall–Kier alpha value is -2.10. The number of aromatic nitrogens is 2. The van der Waals surface area contributed by atoms with Gasteiger partial charge in [0.25, 0.3) is 5.91 Å². The summed E-state index contributed by atoms with van der Waals surface area (Å²) >= 11 is 0. The molecule has 1 atom stereocenters. The molecule has 1 aromatic carbocycles. The third-order valence-electron chi connectivity index (χ3n) is 5.99. The Balaban J connectivity index is 1.76. The molecule has 1 saturated heterocycles. The topological polar surface area (TPSA) is 38.1 Å². The third-order valence-corrected chi connectivity index (χ3v) is 5.99. The summed E-state index contributed by atoms with van der Waals surface area (Å²) in [6, 6.07) is 10.7. The van der Waals surface area contributed by atoms with Crippen LogP contribution in [-0.2, 0) is 12.8 Å². The van der Waals surface area contributed by atoms with Crippen molar-refractivity contribution in [3.8, 4) is 5.69 Å². The van der Waals surface area contributed by atoms with Crippen LogP contribution in [0.5, 0.6) is 0 Å². The molecule has 1 unspecified atom stereocenters. The van der Waals surface area contributed by atoms with Crippen molar-refractivity contribution in [2.75, 3.05) is 6.54 Å². The highest BCUT2D eigenvalue weighted by Gasteiger charge is 2.31. The highest BCUT2D eigenvalue weighted by atomic mass is 16.2. The van der Waals surface area contributed by atoms with E-state index in [4.69, 9.17) is 5.10 Å². The maximum absolute atomic E-state index is 13.4. The SMILES string of the molecule is CCC1CCCCN1C(=O)c1nn(-c2ccccc2)c2c1CCCCC2. The molecular formula is C22H29N3O. The number of hydrogen-bond donors (Lipinski definition) is 0. The first-order valence-corrected chi connectivity index (χ1v) is 10.3. The first-order chi connectivity index (χ1) is 12.8. The monoisotopic (exact) mass is 351 g/mol. The molecule has 1 aliphatic carbocycles. The third kappa shape index (κ3) is 3.17. The molecule has 0 spiro atoms. The highest BCUT2D eigenvalue weighted by Crippen LogP contribution is 2.29. The van der Waals surface area contributed by atoms with Gasteiger partial charge in [-0.1, -0.05) is 31.5 Å². The molecule has 2 aliphatic rings. The molecule has 2 aromatic rings. The van der Waals surface area contributed by atoms with Gasteiger partial charge in [0.05, 0.1) is 5.69 Å². The van der Waals surface area contributed by atoms with Gasteiger partial charge < -0.3 is 4.90 Å². The average Bonchev–Trinajstić information content (AvgIpc) is 2.89. The number of hydrogen-bond acceptors (Lipinski definition) is 2. The average molecular weight is 351 g/mol. The molecule has 4 rings (SSSR count). The first kappa shape index (κ1) is 17.3. The van der Waals surface area contributed by atoms with E-state index in [2.05, 4.69) is 24.0 Å². The van der Waals surface area contributed by atoms with Crippen LogP contribution < -0.4 is 0 Å². The Bertz CT molecular complexity index is 765. The van der Waals surface area contributed by atoms with Crippen molar-refractivity contribution in [2.45, 2.75) is 70.8 Å².